The van der Waals surface area contributed by atoms with Gasteiger partial charge >= 0.3 is 0 Å². The molecule has 0 aromatic heterocycles. The molecule has 23 heavy (non-hydrogen) atoms. The first-order valence-electron chi connectivity index (χ1n) is 8.00. The van der Waals surface area contributed by atoms with Crippen LogP contribution in [-0.2, 0) is 9.59 Å². The lowest BCUT2D eigenvalue weighted by molar-refractivity contribution is -0.142. The molecule has 2 amide bonds. The van der Waals surface area contributed by atoms with E-state index in [0.717, 1.165) is 18.9 Å². The predicted octanol–water partition coefficient (Wildman–Crippen LogP) is 3.33. The molecule has 1 N–H and O–H groups in total. The molecule has 4 nitrogen and oxygen atoms in total. The average Bonchev–Trinajstić information content (AvgIpc) is 3.31. The molecule has 1 aliphatic carbocycles. The van der Waals surface area contributed by atoms with Crippen molar-refractivity contribution < 1.29 is 18.4 Å². The van der Waals surface area contributed by atoms with Gasteiger partial charge in [-0.3, -0.25) is 9.59 Å². The smallest absolute Gasteiger partial charge is 0.240 e. The van der Waals surface area contributed by atoms with Crippen LogP contribution in [0.2, 0.25) is 0 Å². The van der Waals surface area contributed by atoms with Crippen LogP contribution in [0, 0.1) is 17.0 Å². The topological polar surface area (TPSA) is 49.4 Å². The molecule has 0 heterocycles. The molecule has 0 bridgehead atoms. The van der Waals surface area contributed by atoms with Gasteiger partial charge in [-0.1, -0.05) is 13.8 Å². The van der Waals surface area contributed by atoms with Gasteiger partial charge in [0.1, 0.15) is 17.0 Å². The van der Waals surface area contributed by atoms with Crippen LogP contribution in [0.4, 0.5) is 14.5 Å². The standard InChI is InChI=1S/C17H22F2N2O2/c1-3-9-21(10-4-2)16(23)17(7-8-17)15(22)20-14-6-5-12(18)11-13(14)19/h5-6,11H,3-4,7-10H2,1-2H3,(H,20,22). The first-order chi connectivity index (χ1) is 10.9. The number of hydrogen-bond acceptors (Lipinski definition) is 2. The van der Waals surface area contributed by atoms with Crippen LogP contribution in [0.3, 0.4) is 0 Å². The molecule has 0 atom stereocenters. The highest BCUT2D eigenvalue weighted by Gasteiger charge is 2.57. The molecule has 0 saturated heterocycles. The first kappa shape index (κ1) is 17.4. The number of rotatable bonds is 7. The lowest BCUT2D eigenvalue weighted by Crippen LogP contribution is -2.43. The van der Waals surface area contributed by atoms with E-state index < -0.39 is 23.0 Å². The second-order valence-corrected chi connectivity index (χ2v) is 5.95. The molecule has 1 aromatic carbocycles. The Morgan fingerprint density at radius 1 is 1.17 bits per heavy atom. The number of carbonyl (C=O) groups excluding carboxylic acids is 2. The third-order valence-electron chi connectivity index (χ3n) is 4.05. The van der Waals surface area contributed by atoms with E-state index in [9.17, 15) is 18.4 Å². The molecule has 0 radical (unpaired) electrons. The van der Waals surface area contributed by atoms with Crippen LogP contribution in [0.25, 0.3) is 0 Å². The fourth-order valence-electron chi connectivity index (χ4n) is 2.65. The normalized spacial score (nSPS) is 15.1. The zero-order valence-corrected chi connectivity index (χ0v) is 13.5. The largest absolute Gasteiger partial charge is 0.342 e. The van der Waals surface area contributed by atoms with E-state index in [4.69, 9.17) is 0 Å². The van der Waals surface area contributed by atoms with Crippen molar-refractivity contribution in [2.75, 3.05) is 18.4 Å². The Morgan fingerprint density at radius 3 is 2.26 bits per heavy atom. The van der Waals surface area contributed by atoms with Crippen molar-refractivity contribution in [1.29, 1.82) is 0 Å². The van der Waals surface area contributed by atoms with Crippen LogP contribution >= 0.6 is 0 Å². The summed E-state index contributed by atoms with van der Waals surface area (Å²) in [5.74, 6) is -2.26. The number of nitrogens with zero attached hydrogens (tertiary/aromatic N) is 1. The SMILES string of the molecule is CCCN(CCC)C(=O)C1(C(=O)Nc2ccc(F)cc2F)CC1. The van der Waals surface area contributed by atoms with Gasteiger partial charge in [0.25, 0.3) is 0 Å². The van der Waals surface area contributed by atoms with Crippen LogP contribution < -0.4 is 5.32 Å². The molecule has 2 rings (SSSR count). The Bertz CT molecular complexity index is 594. The highest BCUT2D eigenvalue weighted by atomic mass is 19.1. The Morgan fingerprint density at radius 2 is 1.78 bits per heavy atom. The number of carbonyl (C=O) groups is 2. The summed E-state index contributed by atoms with van der Waals surface area (Å²) >= 11 is 0. The Hall–Kier alpha value is -1.98. The molecule has 6 heteroatoms. The summed E-state index contributed by atoms with van der Waals surface area (Å²) in [6.45, 7) is 5.16. The third kappa shape index (κ3) is 3.68. The summed E-state index contributed by atoms with van der Waals surface area (Å²) in [4.78, 5) is 26.9. The second-order valence-electron chi connectivity index (χ2n) is 5.95. The van der Waals surface area contributed by atoms with Gasteiger partial charge in [0.15, 0.2) is 0 Å². The number of hydrogen-bond donors (Lipinski definition) is 1. The molecular formula is C17H22F2N2O2. The zero-order valence-electron chi connectivity index (χ0n) is 13.5. The minimum absolute atomic E-state index is 0.104. The van der Waals surface area contributed by atoms with E-state index in [0.29, 0.717) is 32.0 Å². The summed E-state index contributed by atoms with van der Waals surface area (Å²) in [7, 11) is 0. The number of benzene rings is 1. The summed E-state index contributed by atoms with van der Waals surface area (Å²) in [5.41, 5.74) is -1.20. The lowest BCUT2D eigenvalue weighted by Gasteiger charge is -2.26. The second kappa shape index (κ2) is 7.06. The van der Waals surface area contributed by atoms with Gasteiger partial charge in [0.05, 0.1) is 5.69 Å². The van der Waals surface area contributed by atoms with Gasteiger partial charge in [0.2, 0.25) is 11.8 Å². The average molecular weight is 324 g/mol. The predicted molar refractivity (Wildman–Crippen MR) is 83.8 cm³/mol. The van der Waals surface area contributed by atoms with Gasteiger partial charge in [-0.25, -0.2) is 8.78 Å². The monoisotopic (exact) mass is 324 g/mol. The van der Waals surface area contributed by atoms with E-state index in [1.807, 2.05) is 13.8 Å². The number of nitrogens with one attached hydrogen (secondary N) is 1. The first-order valence-corrected chi connectivity index (χ1v) is 8.00. The molecular weight excluding hydrogens is 302 g/mol. The molecule has 1 aromatic rings. The van der Waals surface area contributed by atoms with Crippen LogP contribution in [0.5, 0.6) is 0 Å². The van der Waals surface area contributed by atoms with Gasteiger partial charge in [-0.05, 0) is 37.8 Å². The highest BCUT2D eigenvalue weighted by Crippen LogP contribution is 2.48. The van der Waals surface area contributed by atoms with E-state index in [1.54, 1.807) is 4.90 Å². The maximum atomic E-state index is 13.7. The highest BCUT2D eigenvalue weighted by molar-refractivity contribution is 6.13. The van der Waals surface area contributed by atoms with Crippen molar-refractivity contribution in [3.05, 3.63) is 29.8 Å². The van der Waals surface area contributed by atoms with Crippen LogP contribution in [0.15, 0.2) is 18.2 Å². The molecule has 126 valence electrons. The molecule has 1 fully saturated rings. The van der Waals surface area contributed by atoms with Gasteiger partial charge in [0, 0.05) is 19.2 Å². The van der Waals surface area contributed by atoms with Crippen LogP contribution in [0.1, 0.15) is 39.5 Å². The molecule has 0 spiro atoms. The Balaban J connectivity index is 2.12. The maximum Gasteiger partial charge on any atom is 0.240 e. The fraction of sp³-hybridized carbons (Fsp3) is 0.529. The molecule has 1 saturated carbocycles. The van der Waals surface area contributed by atoms with Crippen molar-refractivity contribution in [3.8, 4) is 0 Å². The van der Waals surface area contributed by atoms with Gasteiger partial charge in [-0.2, -0.15) is 0 Å². The maximum absolute atomic E-state index is 13.7. The zero-order chi connectivity index (χ0) is 17.0. The summed E-state index contributed by atoms with van der Waals surface area (Å²) in [6.07, 6.45) is 2.56. The summed E-state index contributed by atoms with van der Waals surface area (Å²) in [5, 5.41) is 2.43. The molecule has 0 unspecified atom stereocenters. The van der Waals surface area contributed by atoms with Crippen molar-refractivity contribution >= 4 is 17.5 Å². The van der Waals surface area contributed by atoms with E-state index in [-0.39, 0.29) is 11.6 Å². The van der Waals surface area contributed by atoms with E-state index in [1.165, 1.54) is 6.07 Å². The van der Waals surface area contributed by atoms with E-state index in [2.05, 4.69) is 5.32 Å². The minimum Gasteiger partial charge on any atom is -0.342 e. The Labute approximate surface area is 134 Å². The summed E-state index contributed by atoms with van der Waals surface area (Å²) in [6, 6.07) is 2.94. The fourth-order valence-corrected chi connectivity index (χ4v) is 2.65. The number of anilines is 1. The van der Waals surface area contributed by atoms with Crippen molar-refractivity contribution in [3.63, 3.8) is 0 Å². The quantitative estimate of drug-likeness (QED) is 0.782. The lowest BCUT2D eigenvalue weighted by atomic mass is 10.0. The van der Waals surface area contributed by atoms with Crippen LogP contribution in [-0.4, -0.2) is 29.8 Å². The van der Waals surface area contributed by atoms with E-state index >= 15 is 0 Å². The van der Waals surface area contributed by atoms with Crippen molar-refractivity contribution in [2.24, 2.45) is 5.41 Å². The van der Waals surface area contributed by atoms with Crippen molar-refractivity contribution in [1.82, 2.24) is 4.90 Å². The summed E-state index contributed by atoms with van der Waals surface area (Å²) < 4.78 is 26.6. The Kier molecular flexibility index (Phi) is 5.34. The van der Waals surface area contributed by atoms with Crippen molar-refractivity contribution in [2.45, 2.75) is 39.5 Å². The third-order valence-corrected chi connectivity index (χ3v) is 4.05. The molecule has 1 aliphatic rings. The number of amides is 2. The molecule has 0 aliphatic heterocycles. The number of halogens is 2. The van der Waals surface area contributed by atoms with Gasteiger partial charge < -0.3 is 10.2 Å². The minimum atomic E-state index is -1.09. The van der Waals surface area contributed by atoms with Gasteiger partial charge in [-0.15, -0.1) is 0 Å².